The predicted molar refractivity (Wildman–Crippen MR) is 101 cm³/mol. The van der Waals surface area contributed by atoms with Crippen molar-refractivity contribution in [3.8, 4) is 11.8 Å². The van der Waals surface area contributed by atoms with Gasteiger partial charge >= 0.3 is 0 Å². The molecule has 0 bridgehead atoms. The van der Waals surface area contributed by atoms with Crippen LogP contribution < -0.4 is 20.7 Å². The molecular weight excluding hydrogens is 330 g/mol. The van der Waals surface area contributed by atoms with Crippen molar-refractivity contribution < 1.29 is 9.53 Å². The van der Waals surface area contributed by atoms with Crippen LogP contribution in [-0.4, -0.2) is 63.7 Å². The van der Waals surface area contributed by atoms with Crippen molar-refractivity contribution in [3.05, 3.63) is 41.6 Å². The first-order valence-electron chi connectivity index (χ1n) is 8.91. The van der Waals surface area contributed by atoms with Gasteiger partial charge < -0.3 is 20.7 Å². The first-order chi connectivity index (χ1) is 12.7. The Morgan fingerprint density at radius 3 is 2.69 bits per heavy atom. The fourth-order valence-electron chi connectivity index (χ4n) is 2.69. The molecule has 0 saturated carbocycles. The maximum absolute atomic E-state index is 12.1. The molecule has 1 aromatic rings. The Balaban J connectivity index is 1.68. The van der Waals surface area contributed by atoms with E-state index in [1.165, 1.54) is 6.20 Å². The fraction of sp³-hybridized carbons (Fsp3) is 0.474. The van der Waals surface area contributed by atoms with Gasteiger partial charge in [-0.05, 0) is 24.1 Å². The number of rotatable bonds is 9. The van der Waals surface area contributed by atoms with Crippen LogP contribution in [0.15, 0.2) is 36.0 Å². The van der Waals surface area contributed by atoms with E-state index in [9.17, 15) is 4.79 Å². The maximum atomic E-state index is 12.1. The first-order valence-corrected chi connectivity index (χ1v) is 8.91. The van der Waals surface area contributed by atoms with Crippen LogP contribution in [0.5, 0.6) is 5.75 Å². The highest BCUT2D eigenvalue weighted by Gasteiger charge is 2.11. The number of hydrogen-bond donors (Lipinski definition) is 3. The number of nitrogens with zero attached hydrogens (tertiary/aromatic N) is 2. The lowest BCUT2D eigenvalue weighted by molar-refractivity contribution is -0.117. The number of carbonyl (C=O) groups is 1. The largest absolute Gasteiger partial charge is 0.497 e. The number of nitrogens with one attached hydrogen (secondary N) is 3. The van der Waals surface area contributed by atoms with Gasteiger partial charge in [0.25, 0.3) is 5.91 Å². The summed E-state index contributed by atoms with van der Waals surface area (Å²) >= 11 is 0. The van der Waals surface area contributed by atoms with E-state index < -0.39 is 0 Å². The second-order valence-electron chi connectivity index (χ2n) is 6.07. The molecule has 0 atom stereocenters. The number of methoxy groups -OCH3 is 1. The molecule has 26 heavy (non-hydrogen) atoms. The summed E-state index contributed by atoms with van der Waals surface area (Å²) in [5, 5.41) is 18.3. The molecule has 3 N–H and O–H groups in total. The van der Waals surface area contributed by atoms with Crippen LogP contribution in [-0.2, 0) is 11.2 Å². The standard InChI is InChI=1S/C19H27N5O2/c1-26-18-4-2-16(3-5-18)6-7-22-15-17(14-20)19(25)23-10-13-24-11-8-21-9-12-24/h2-5,15,21-22H,6-13H2,1H3,(H,23,25)/b17-15-. The van der Waals surface area contributed by atoms with E-state index in [1.54, 1.807) is 7.11 Å². The molecule has 0 radical (unpaired) electrons. The zero-order valence-electron chi connectivity index (χ0n) is 15.3. The molecule has 7 nitrogen and oxygen atoms in total. The summed E-state index contributed by atoms with van der Waals surface area (Å²) in [6, 6.07) is 9.78. The van der Waals surface area contributed by atoms with Gasteiger partial charge in [-0.2, -0.15) is 5.26 Å². The van der Waals surface area contributed by atoms with Crippen molar-refractivity contribution >= 4 is 5.91 Å². The van der Waals surface area contributed by atoms with Crippen molar-refractivity contribution in [3.63, 3.8) is 0 Å². The number of amides is 1. The maximum Gasteiger partial charge on any atom is 0.263 e. The minimum atomic E-state index is -0.334. The van der Waals surface area contributed by atoms with Crippen molar-refractivity contribution in [1.82, 2.24) is 20.9 Å². The first kappa shape index (κ1) is 19.8. The zero-order chi connectivity index (χ0) is 18.6. The van der Waals surface area contributed by atoms with E-state index >= 15 is 0 Å². The third-order valence-electron chi connectivity index (χ3n) is 4.25. The molecule has 140 valence electrons. The fourth-order valence-corrected chi connectivity index (χ4v) is 2.69. The van der Waals surface area contributed by atoms with Gasteiger partial charge in [0, 0.05) is 52.0 Å². The smallest absolute Gasteiger partial charge is 0.263 e. The summed E-state index contributed by atoms with van der Waals surface area (Å²) in [4.78, 5) is 14.4. The molecule has 1 saturated heterocycles. The van der Waals surface area contributed by atoms with Crippen molar-refractivity contribution in [1.29, 1.82) is 5.26 Å². The lowest BCUT2D eigenvalue weighted by Gasteiger charge is -2.27. The summed E-state index contributed by atoms with van der Waals surface area (Å²) in [5.74, 6) is 0.491. The summed E-state index contributed by atoms with van der Waals surface area (Å²) in [6.07, 6.45) is 2.29. The Kier molecular flexibility index (Phi) is 8.46. The summed E-state index contributed by atoms with van der Waals surface area (Å²) in [6.45, 7) is 5.94. The molecule has 2 rings (SSSR count). The number of nitriles is 1. The van der Waals surface area contributed by atoms with Gasteiger partial charge in [0.05, 0.1) is 7.11 Å². The zero-order valence-corrected chi connectivity index (χ0v) is 15.3. The highest BCUT2D eigenvalue weighted by molar-refractivity contribution is 5.97. The van der Waals surface area contributed by atoms with Crippen molar-refractivity contribution in [2.75, 3.05) is 52.9 Å². The second-order valence-corrected chi connectivity index (χ2v) is 6.07. The van der Waals surface area contributed by atoms with Crippen molar-refractivity contribution in [2.45, 2.75) is 6.42 Å². The third kappa shape index (κ3) is 6.75. The average Bonchev–Trinajstić information content (AvgIpc) is 2.69. The molecule has 1 amide bonds. The normalized spacial score (nSPS) is 15.2. The number of piperazine rings is 1. The van der Waals surface area contributed by atoms with E-state index in [1.807, 2.05) is 30.3 Å². The van der Waals surface area contributed by atoms with E-state index in [-0.39, 0.29) is 11.5 Å². The van der Waals surface area contributed by atoms with E-state index in [2.05, 4.69) is 20.9 Å². The summed E-state index contributed by atoms with van der Waals surface area (Å²) in [5.41, 5.74) is 1.26. The molecule has 0 unspecified atom stereocenters. The second kappa shape index (κ2) is 11.1. The van der Waals surface area contributed by atoms with E-state index in [0.29, 0.717) is 13.1 Å². The number of ether oxygens (including phenoxy) is 1. The minimum Gasteiger partial charge on any atom is -0.497 e. The SMILES string of the molecule is COc1ccc(CCN/C=C(/C#N)C(=O)NCCN2CCNCC2)cc1. The Labute approximate surface area is 155 Å². The van der Waals surface area contributed by atoms with E-state index in [4.69, 9.17) is 10.00 Å². The molecule has 1 aliphatic heterocycles. The minimum absolute atomic E-state index is 0.0973. The van der Waals surface area contributed by atoms with Gasteiger partial charge in [0.1, 0.15) is 17.4 Å². The monoisotopic (exact) mass is 357 g/mol. The van der Waals surface area contributed by atoms with Gasteiger partial charge in [-0.1, -0.05) is 12.1 Å². The van der Waals surface area contributed by atoms with E-state index in [0.717, 1.165) is 50.5 Å². The average molecular weight is 357 g/mol. The van der Waals surface area contributed by atoms with Crippen molar-refractivity contribution in [2.24, 2.45) is 0 Å². The van der Waals surface area contributed by atoms with Crippen LogP contribution in [0.2, 0.25) is 0 Å². The van der Waals surface area contributed by atoms with Gasteiger partial charge in [0.15, 0.2) is 0 Å². The number of carbonyl (C=O) groups excluding carboxylic acids is 1. The molecule has 1 aromatic carbocycles. The lowest BCUT2D eigenvalue weighted by atomic mass is 10.1. The van der Waals surface area contributed by atoms with Crippen LogP contribution in [0.4, 0.5) is 0 Å². The van der Waals surface area contributed by atoms with Crippen LogP contribution in [0.25, 0.3) is 0 Å². The summed E-state index contributed by atoms with van der Waals surface area (Å²) in [7, 11) is 1.64. The van der Waals surface area contributed by atoms with Gasteiger partial charge in [-0.25, -0.2) is 0 Å². The highest BCUT2D eigenvalue weighted by atomic mass is 16.5. The molecule has 1 fully saturated rings. The van der Waals surface area contributed by atoms with Crippen LogP contribution >= 0.6 is 0 Å². The highest BCUT2D eigenvalue weighted by Crippen LogP contribution is 2.11. The molecule has 0 aromatic heterocycles. The molecular formula is C19H27N5O2. The lowest BCUT2D eigenvalue weighted by Crippen LogP contribution is -2.46. The van der Waals surface area contributed by atoms with Crippen LogP contribution in [0.1, 0.15) is 5.56 Å². The predicted octanol–water partition coefficient (Wildman–Crippen LogP) is 0.256. The molecule has 0 spiro atoms. The summed E-state index contributed by atoms with van der Waals surface area (Å²) < 4.78 is 5.13. The Bertz CT molecular complexity index is 630. The Morgan fingerprint density at radius 1 is 1.31 bits per heavy atom. The Morgan fingerprint density at radius 2 is 2.04 bits per heavy atom. The van der Waals surface area contributed by atoms with Crippen LogP contribution in [0.3, 0.4) is 0 Å². The number of hydrogen-bond acceptors (Lipinski definition) is 6. The van der Waals surface area contributed by atoms with Gasteiger partial charge in [0.2, 0.25) is 0 Å². The topological polar surface area (TPSA) is 89.4 Å². The molecule has 7 heteroatoms. The van der Waals surface area contributed by atoms with Gasteiger partial charge in [-0.3, -0.25) is 9.69 Å². The Hall–Kier alpha value is -2.56. The van der Waals surface area contributed by atoms with Crippen LogP contribution in [0, 0.1) is 11.3 Å². The molecule has 0 aliphatic carbocycles. The number of benzene rings is 1. The van der Waals surface area contributed by atoms with Gasteiger partial charge in [-0.15, -0.1) is 0 Å². The molecule has 1 aliphatic rings. The molecule has 1 heterocycles. The quantitative estimate of drug-likeness (QED) is 0.334. The third-order valence-corrected chi connectivity index (χ3v) is 4.25.